The SMILES string of the molecule is CCn1c(SCC(=O)NC(C)(C)C)nc2c(C)nn(CC)c2c1=O. The summed E-state index contributed by atoms with van der Waals surface area (Å²) in [6.45, 7) is 12.6. The van der Waals surface area contributed by atoms with Crippen LogP contribution in [0.3, 0.4) is 0 Å². The van der Waals surface area contributed by atoms with Gasteiger partial charge in [0.2, 0.25) is 5.91 Å². The summed E-state index contributed by atoms with van der Waals surface area (Å²) >= 11 is 1.28. The molecule has 2 rings (SSSR count). The van der Waals surface area contributed by atoms with Crippen LogP contribution in [0.15, 0.2) is 9.95 Å². The van der Waals surface area contributed by atoms with Gasteiger partial charge >= 0.3 is 0 Å². The highest BCUT2D eigenvalue weighted by molar-refractivity contribution is 7.99. The molecule has 0 unspecified atom stereocenters. The molecule has 2 aromatic heterocycles. The van der Waals surface area contributed by atoms with Gasteiger partial charge in [0.05, 0.1) is 11.4 Å². The van der Waals surface area contributed by atoms with Gasteiger partial charge < -0.3 is 5.32 Å². The van der Waals surface area contributed by atoms with Crippen molar-refractivity contribution in [2.24, 2.45) is 0 Å². The van der Waals surface area contributed by atoms with Gasteiger partial charge in [0.15, 0.2) is 10.7 Å². The number of rotatable bonds is 5. The molecule has 7 nitrogen and oxygen atoms in total. The zero-order valence-electron chi connectivity index (χ0n) is 15.1. The lowest BCUT2D eigenvalue weighted by molar-refractivity contribution is -0.119. The number of aromatic nitrogens is 4. The molecule has 0 atom stereocenters. The summed E-state index contributed by atoms with van der Waals surface area (Å²) in [6.07, 6.45) is 0. The number of thioether (sulfide) groups is 1. The summed E-state index contributed by atoms with van der Waals surface area (Å²) in [5, 5.41) is 7.85. The first-order valence-electron chi connectivity index (χ1n) is 8.09. The van der Waals surface area contributed by atoms with E-state index in [1.807, 2.05) is 41.5 Å². The first kappa shape index (κ1) is 18.5. The van der Waals surface area contributed by atoms with Crippen LogP contribution < -0.4 is 10.9 Å². The van der Waals surface area contributed by atoms with Crippen molar-refractivity contribution in [1.29, 1.82) is 0 Å². The Balaban J connectivity index is 2.39. The lowest BCUT2D eigenvalue weighted by Crippen LogP contribution is -2.41. The number of aryl methyl sites for hydroxylation is 2. The third-order valence-corrected chi connectivity index (χ3v) is 4.42. The van der Waals surface area contributed by atoms with Gasteiger partial charge in [-0.2, -0.15) is 5.10 Å². The van der Waals surface area contributed by atoms with Gasteiger partial charge in [0, 0.05) is 18.6 Å². The van der Waals surface area contributed by atoms with Gasteiger partial charge in [-0.25, -0.2) is 4.98 Å². The topological polar surface area (TPSA) is 81.8 Å². The maximum Gasteiger partial charge on any atom is 0.280 e. The Hall–Kier alpha value is -1.83. The zero-order chi connectivity index (χ0) is 18.1. The molecule has 1 N–H and O–H groups in total. The van der Waals surface area contributed by atoms with Crippen LogP contribution >= 0.6 is 11.8 Å². The van der Waals surface area contributed by atoms with E-state index in [1.54, 1.807) is 9.25 Å². The van der Waals surface area contributed by atoms with Crippen molar-refractivity contribution in [1.82, 2.24) is 24.6 Å². The second-order valence-electron chi connectivity index (χ2n) is 6.63. The highest BCUT2D eigenvalue weighted by Gasteiger charge is 2.19. The van der Waals surface area contributed by atoms with Gasteiger partial charge in [-0.05, 0) is 41.5 Å². The van der Waals surface area contributed by atoms with E-state index in [0.29, 0.717) is 29.3 Å². The maximum absolute atomic E-state index is 12.8. The predicted octanol–water partition coefficient (Wildman–Crippen LogP) is 1.95. The fourth-order valence-corrected chi connectivity index (χ4v) is 3.35. The summed E-state index contributed by atoms with van der Waals surface area (Å²) in [4.78, 5) is 29.4. The molecule has 0 spiro atoms. The Labute approximate surface area is 145 Å². The molecule has 0 saturated heterocycles. The van der Waals surface area contributed by atoms with Crippen molar-refractivity contribution >= 4 is 28.7 Å². The number of amides is 1. The minimum absolute atomic E-state index is 0.0783. The lowest BCUT2D eigenvalue weighted by Gasteiger charge is -2.20. The second kappa shape index (κ2) is 6.96. The summed E-state index contributed by atoms with van der Waals surface area (Å²) in [7, 11) is 0. The Morgan fingerprint density at radius 1 is 1.25 bits per heavy atom. The Kier molecular flexibility index (Phi) is 5.37. The van der Waals surface area contributed by atoms with Gasteiger partial charge in [-0.15, -0.1) is 0 Å². The molecule has 132 valence electrons. The molecule has 0 radical (unpaired) electrons. The zero-order valence-corrected chi connectivity index (χ0v) is 16.0. The number of hydrogen-bond donors (Lipinski definition) is 1. The summed E-state index contributed by atoms with van der Waals surface area (Å²) in [6, 6.07) is 0. The summed E-state index contributed by atoms with van der Waals surface area (Å²) in [5.41, 5.74) is 1.49. The maximum atomic E-state index is 12.8. The molecular formula is C16H25N5O2S. The van der Waals surface area contributed by atoms with Crippen molar-refractivity contribution in [2.75, 3.05) is 5.75 Å². The smallest absolute Gasteiger partial charge is 0.280 e. The monoisotopic (exact) mass is 351 g/mol. The minimum atomic E-state index is -0.279. The van der Waals surface area contributed by atoms with Crippen LogP contribution in [-0.2, 0) is 17.9 Å². The lowest BCUT2D eigenvalue weighted by atomic mass is 10.1. The molecule has 0 aromatic carbocycles. The fourth-order valence-electron chi connectivity index (χ4n) is 2.49. The summed E-state index contributed by atoms with van der Waals surface area (Å²) in [5.74, 6) is 0.140. The quantitative estimate of drug-likeness (QED) is 0.658. The molecule has 0 aliphatic rings. The highest BCUT2D eigenvalue weighted by Crippen LogP contribution is 2.20. The second-order valence-corrected chi connectivity index (χ2v) is 7.57. The molecule has 0 aliphatic carbocycles. The van der Waals surface area contributed by atoms with E-state index in [-0.39, 0.29) is 22.8 Å². The molecule has 0 fully saturated rings. The molecular weight excluding hydrogens is 326 g/mol. The van der Waals surface area contributed by atoms with E-state index < -0.39 is 0 Å². The first-order valence-corrected chi connectivity index (χ1v) is 9.08. The molecule has 24 heavy (non-hydrogen) atoms. The molecule has 2 aromatic rings. The Bertz CT molecular complexity index is 816. The van der Waals surface area contributed by atoms with Gasteiger partial charge in [-0.1, -0.05) is 11.8 Å². The number of fused-ring (bicyclic) bond motifs is 1. The minimum Gasteiger partial charge on any atom is -0.351 e. The van der Waals surface area contributed by atoms with Crippen molar-refractivity contribution in [3.8, 4) is 0 Å². The average molecular weight is 351 g/mol. The third-order valence-electron chi connectivity index (χ3n) is 3.44. The molecule has 0 bridgehead atoms. The van der Waals surface area contributed by atoms with Crippen LogP contribution in [0.4, 0.5) is 0 Å². The van der Waals surface area contributed by atoms with E-state index in [1.165, 1.54) is 11.8 Å². The van der Waals surface area contributed by atoms with E-state index in [0.717, 1.165) is 5.69 Å². The van der Waals surface area contributed by atoms with Crippen LogP contribution in [0, 0.1) is 6.92 Å². The van der Waals surface area contributed by atoms with Crippen molar-refractivity contribution in [3.05, 3.63) is 16.0 Å². The van der Waals surface area contributed by atoms with Gasteiger partial charge in [0.25, 0.3) is 5.56 Å². The first-order chi connectivity index (χ1) is 11.2. The van der Waals surface area contributed by atoms with Crippen LogP contribution in [-0.4, -0.2) is 36.5 Å². The van der Waals surface area contributed by atoms with Crippen LogP contribution in [0.25, 0.3) is 11.0 Å². The molecule has 0 aliphatic heterocycles. The number of carbonyl (C=O) groups excluding carboxylic acids is 1. The van der Waals surface area contributed by atoms with Crippen molar-refractivity contribution < 1.29 is 4.79 Å². The van der Waals surface area contributed by atoms with Crippen molar-refractivity contribution in [2.45, 2.75) is 65.3 Å². The Morgan fingerprint density at radius 3 is 2.46 bits per heavy atom. The predicted molar refractivity (Wildman–Crippen MR) is 96.5 cm³/mol. The van der Waals surface area contributed by atoms with Crippen LogP contribution in [0.5, 0.6) is 0 Å². The van der Waals surface area contributed by atoms with Crippen LogP contribution in [0.2, 0.25) is 0 Å². The van der Waals surface area contributed by atoms with Crippen molar-refractivity contribution in [3.63, 3.8) is 0 Å². The number of nitrogens with one attached hydrogen (secondary N) is 1. The number of nitrogens with zero attached hydrogens (tertiary/aromatic N) is 4. The number of carbonyl (C=O) groups is 1. The largest absolute Gasteiger partial charge is 0.351 e. The molecule has 2 heterocycles. The van der Waals surface area contributed by atoms with Gasteiger partial charge in [-0.3, -0.25) is 18.8 Å². The molecule has 0 saturated carbocycles. The number of hydrogen-bond acceptors (Lipinski definition) is 5. The Morgan fingerprint density at radius 2 is 1.92 bits per heavy atom. The van der Waals surface area contributed by atoms with Crippen LogP contribution in [0.1, 0.15) is 40.3 Å². The average Bonchev–Trinajstić information content (AvgIpc) is 2.80. The van der Waals surface area contributed by atoms with E-state index in [2.05, 4.69) is 15.4 Å². The highest BCUT2D eigenvalue weighted by atomic mass is 32.2. The molecule has 1 amide bonds. The van der Waals surface area contributed by atoms with E-state index in [4.69, 9.17) is 0 Å². The van der Waals surface area contributed by atoms with E-state index >= 15 is 0 Å². The molecule has 8 heteroatoms. The fraction of sp³-hybridized carbons (Fsp3) is 0.625. The standard InChI is InChI=1S/C16H25N5O2S/c1-7-20-14(23)13-12(10(3)19-21(13)8-2)17-15(20)24-9-11(22)18-16(4,5)6/h7-9H2,1-6H3,(H,18,22). The van der Waals surface area contributed by atoms with E-state index in [9.17, 15) is 9.59 Å². The summed E-state index contributed by atoms with van der Waals surface area (Å²) < 4.78 is 3.29. The van der Waals surface area contributed by atoms with Gasteiger partial charge in [0.1, 0.15) is 5.52 Å². The normalized spacial score (nSPS) is 11.9. The third kappa shape index (κ3) is 3.80.